The molecule has 0 radical (unpaired) electrons. The van der Waals surface area contributed by atoms with Crippen molar-refractivity contribution in [1.29, 1.82) is 0 Å². The molecule has 0 bridgehead atoms. The number of rotatable bonds is 4. The fourth-order valence-electron chi connectivity index (χ4n) is 2.92. The Bertz CT molecular complexity index is 413. The molecule has 0 atom stereocenters. The minimum atomic E-state index is -0.295. The lowest BCUT2D eigenvalue weighted by molar-refractivity contribution is -0.135. The highest BCUT2D eigenvalue weighted by Gasteiger charge is 2.26. The normalized spacial score (nSPS) is 19.1. The minimum Gasteiger partial charge on any atom is -0.450 e. The number of nitrogens with zero attached hydrogens (tertiary/aromatic N) is 2. The van der Waals surface area contributed by atoms with Crippen molar-refractivity contribution in [1.82, 2.24) is 15.1 Å². The molecule has 3 amide bonds. The summed E-state index contributed by atoms with van der Waals surface area (Å²) >= 11 is 0. The van der Waals surface area contributed by atoms with Crippen LogP contribution in [0.1, 0.15) is 39.0 Å². The summed E-state index contributed by atoms with van der Waals surface area (Å²) in [5.41, 5.74) is 0. The predicted molar refractivity (Wildman–Crippen MR) is 80.2 cm³/mol. The lowest BCUT2D eigenvalue weighted by atomic mass is 10.1. The van der Waals surface area contributed by atoms with E-state index in [0.29, 0.717) is 32.5 Å². The standard InChI is InChI=1S/C15H25N3O4/c1-2-22-15(21)18-9-5-12(6-10-18)16-13(19)11-14(20)17-7-3-4-8-17/h12H,2-11H2,1H3,(H,16,19). The Morgan fingerprint density at radius 1 is 1.05 bits per heavy atom. The first-order valence-electron chi connectivity index (χ1n) is 8.09. The largest absolute Gasteiger partial charge is 0.450 e. The van der Waals surface area contributed by atoms with E-state index in [-0.39, 0.29) is 30.4 Å². The molecule has 0 saturated carbocycles. The van der Waals surface area contributed by atoms with Gasteiger partial charge in [0.05, 0.1) is 6.61 Å². The second-order valence-electron chi connectivity index (χ2n) is 5.79. The Morgan fingerprint density at radius 3 is 2.27 bits per heavy atom. The molecule has 1 N–H and O–H groups in total. The summed E-state index contributed by atoms with van der Waals surface area (Å²) < 4.78 is 4.96. The molecule has 7 nitrogen and oxygen atoms in total. The molecule has 0 aromatic rings. The van der Waals surface area contributed by atoms with Gasteiger partial charge in [-0.15, -0.1) is 0 Å². The number of carbonyl (C=O) groups excluding carboxylic acids is 3. The van der Waals surface area contributed by atoms with Gasteiger partial charge in [0.25, 0.3) is 0 Å². The van der Waals surface area contributed by atoms with E-state index in [1.807, 2.05) is 0 Å². The highest BCUT2D eigenvalue weighted by molar-refractivity contribution is 5.97. The summed E-state index contributed by atoms with van der Waals surface area (Å²) in [7, 11) is 0. The van der Waals surface area contributed by atoms with Gasteiger partial charge in [0, 0.05) is 32.2 Å². The van der Waals surface area contributed by atoms with Crippen LogP contribution in [-0.2, 0) is 14.3 Å². The minimum absolute atomic E-state index is 0.0320. The van der Waals surface area contributed by atoms with Crippen LogP contribution in [0.15, 0.2) is 0 Å². The second kappa shape index (κ2) is 8.00. The lowest BCUT2D eigenvalue weighted by Gasteiger charge is -2.31. The molecular formula is C15H25N3O4. The molecule has 2 rings (SSSR count). The Labute approximate surface area is 131 Å². The maximum absolute atomic E-state index is 11.9. The summed E-state index contributed by atoms with van der Waals surface area (Å²) in [5, 5.41) is 2.90. The molecule has 0 aromatic heterocycles. The summed E-state index contributed by atoms with van der Waals surface area (Å²) in [6, 6.07) is 0.0320. The van der Waals surface area contributed by atoms with Crippen molar-refractivity contribution in [3.05, 3.63) is 0 Å². The molecule has 2 heterocycles. The van der Waals surface area contributed by atoms with E-state index in [9.17, 15) is 14.4 Å². The van der Waals surface area contributed by atoms with E-state index in [2.05, 4.69) is 5.32 Å². The molecule has 0 spiro atoms. The van der Waals surface area contributed by atoms with Crippen molar-refractivity contribution < 1.29 is 19.1 Å². The number of nitrogens with one attached hydrogen (secondary N) is 1. The van der Waals surface area contributed by atoms with Crippen LogP contribution in [0.2, 0.25) is 0 Å². The third-order valence-corrected chi connectivity index (χ3v) is 4.16. The first kappa shape index (κ1) is 16.6. The van der Waals surface area contributed by atoms with E-state index < -0.39 is 0 Å². The van der Waals surface area contributed by atoms with Crippen molar-refractivity contribution in [2.75, 3.05) is 32.8 Å². The summed E-state index contributed by atoms with van der Waals surface area (Å²) in [5.74, 6) is -0.301. The number of likely N-dealkylation sites (tertiary alicyclic amines) is 2. The molecule has 2 aliphatic rings. The van der Waals surface area contributed by atoms with Crippen LogP contribution in [-0.4, -0.2) is 66.5 Å². The van der Waals surface area contributed by atoms with Crippen molar-refractivity contribution in [3.63, 3.8) is 0 Å². The van der Waals surface area contributed by atoms with Crippen LogP contribution in [0, 0.1) is 0 Å². The van der Waals surface area contributed by atoms with Crippen molar-refractivity contribution >= 4 is 17.9 Å². The fourth-order valence-corrected chi connectivity index (χ4v) is 2.92. The van der Waals surface area contributed by atoms with Crippen LogP contribution in [0.5, 0.6) is 0 Å². The Balaban J connectivity index is 1.68. The number of hydrogen-bond donors (Lipinski definition) is 1. The van der Waals surface area contributed by atoms with Crippen LogP contribution in [0.3, 0.4) is 0 Å². The zero-order chi connectivity index (χ0) is 15.9. The average Bonchev–Trinajstić information content (AvgIpc) is 3.02. The van der Waals surface area contributed by atoms with Gasteiger partial charge in [-0.2, -0.15) is 0 Å². The van der Waals surface area contributed by atoms with Gasteiger partial charge in [-0.05, 0) is 32.6 Å². The second-order valence-corrected chi connectivity index (χ2v) is 5.79. The molecule has 124 valence electrons. The van der Waals surface area contributed by atoms with Gasteiger partial charge < -0.3 is 19.9 Å². The highest BCUT2D eigenvalue weighted by atomic mass is 16.6. The van der Waals surface area contributed by atoms with Gasteiger partial charge in [-0.3, -0.25) is 9.59 Å². The van der Waals surface area contributed by atoms with Crippen LogP contribution in [0.25, 0.3) is 0 Å². The topological polar surface area (TPSA) is 79.0 Å². The first-order valence-corrected chi connectivity index (χ1v) is 8.09. The van der Waals surface area contributed by atoms with Crippen LogP contribution in [0.4, 0.5) is 4.79 Å². The van der Waals surface area contributed by atoms with Gasteiger partial charge in [-0.1, -0.05) is 0 Å². The fraction of sp³-hybridized carbons (Fsp3) is 0.800. The van der Waals surface area contributed by atoms with E-state index >= 15 is 0 Å². The smallest absolute Gasteiger partial charge is 0.409 e. The van der Waals surface area contributed by atoms with Crippen molar-refractivity contribution in [2.24, 2.45) is 0 Å². The summed E-state index contributed by atoms with van der Waals surface area (Å²) in [6.07, 6.45) is 3.08. The molecule has 0 aromatic carbocycles. The third-order valence-electron chi connectivity index (χ3n) is 4.16. The van der Waals surface area contributed by atoms with E-state index in [1.165, 1.54) is 0 Å². The zero-order valence-corrected chi connectivity index (χ0v) is 13.2. The number of amides is 3. The predicted octanol–water partition coefficient (Wildman–Crippen LogP) is 0.736. The summed E-state index contributed by atoms with van der Waals surface area (Å²) in [4.78, 5) is 38.8. The molecule has 2 aliphatic heterocycles. The van der Waals surface area contributed by atoms with E-state index in [4.69, 9.17) is 4.74 Å². The highest BCUT2D eigenvalue weighted by Crippen LogP contribution is 2.12. The molecule has 22 heavy (non-hydrogen) atoms. The van der Waals surface area contributed by atoms with E-state index in [0.717, 1.165) is 25.9 Å². The first-order chi connectivity index (χ1) is 10.6. The van der Waals surface area contributed by atoms with Gasteiger partial charge in [0.15, 0.2) is 0 Å². The monoisotopic (exact) mass is 311 g/mol. The average molecular weight is 311 g/mol. The van der Waals surface area contributed by atoms with Gasteiger partial charge >= 0.3 is 6.09 Å². The molecule has 7 heteroatoms. The molecule has 0 aliphatic carbocycles. The van der Waals surface area contributed by atoms with Crippen molar-refractivity contribution in [2.45, 2.75) is 45.1 Å². The Morgan fingerprint density at radius 2 is 1.68 bits per heavy atom. The maximum atomic E-state index is 11.9. The number of ether oxygens (including phenoxy) is 1. The summed E-state index contributed by atoms with van der Waals surface area (Å²) in [6.45, 7) is 4.83. The number of piperidine rings is 1. The molecule has 2 fully saturated rings. The van der Waals surface area contributed by atoms with Crippen LogP contribution >= 0.6 is 0 Å². The maximum Gasteiger partial charge on any atom is 0.409 e. The van der Waals surface area contributed by atoms with Crippen LogP contribution < -0.4 is 5.32 Å². The number of hydrogen-bond acceptors (Lipinski definition) is 4. The lowest BCUT2D eigenvalue weighted by Crippen LogP contribution is -2.47. The molecular weight excluding hydrogens is 286 g/mol. The van der Waals surface area contributed by atoms with Gasteiger partial charge in [-0.25, -0.2) is 4.79 Å². The molecule has 0 unspecified atom stereocenters. The number of carbonyl (C=O) groups is 3. The quantitative estimate of drug-likeness (QED) is 0.777. The SMILES string of the molecule is CCOC(=O)N1CCC(NC(=O)CC(=O)N2CCCC2)CC1. The Hall–Kier alpha value is -1.79. The Kier molecular flexibility index (Phi) is 6.03. The van der Waals surface area contributed by atoms with Gasteiger partial charge in [0.1, 0.15) is 6.42 Å². The molecule has 2 saturated heterocycles. The van der Waals surface area contributed by atoms with Gasteiger partial charge in [0.2, 0.25) is 11.8 Å². The van der Waals surface area contributed by atoms with E-state index in [1.54, 1.807) is 16.7 Å². The van der Waals surface area contributed by atoms with Crippen molar-refractivity contribution in [3.8, 4) is 0 Å². The zero-order valence-electron chi connectivity index (χ0n) is 13.2. The third kappa shape index (κ3) is 4.61.